The summed E-state index contributed by atoms with van der Waals surface area (Å²) in [7, 11) is -3.88. The zero-order chi connectivity index (χ0) is 20.1. The fraction of sp³-hybridized carbons (Fsp3) is 0.143. The van der Waals surface area contributed by atoms with Gasteiger partial charge in [0.2, 0.25) is 10.0 Å². The summed E-state index contributed by atoms with van der Waals surface area (Å²) in [5.41, 5.74) is 2.92. The average molecular weight is 417 g/mol. The minimum Gasteiger partial charge on any atom is -0.505 e. The summed E-state index contributed by atoms with van der Waals surface area (Å²) in [5, 5.41) is 9.90. The van der Waals surface area contributed by atoms with Crippen molar-refractivity contribution in [3.8, 4) is 5.75 Å². The number of nitrogens with zero attached hydrogens (tertiary/aromatic N) is 1. The van der Waals surface area contributed by atoms with Crippen LogP contribution in [-0.4, -0.2) is 20.1 Å². The summed E-state index contributed by atoms with van der Waals surface area (Å²) in [4.78, 5) is 1.93. The molecule has 0 saturated heterocycles. The van der Waals surface area contributed by atoms with Crippen LogP contribution in [0.15, 0.2) is 77.7 Å². The number of phenolic OH excluding ortho intramolecular Hbond substituents is 1. The third-order valence-electron chi connectivity index (χ3n) is 4.34. The maximum atomic E-state index is 12.4. The highest BCUT2D eigenvalue weighted by molar-refractivity contribution is 7.89. The molecule has 28 heavy (non-hydrogen) atoms. The van der Waals surface area contributed by atoms with Crippen molar-refractivity contribution in [2.45, 2.75) is 18.4 Å². The van der Waals surface area contributed by atoms with Crippen molar-refractivity contribution in [1.82, 2.24) is 4.72 Å². The second kappa shape index (κ2) is 8.65. The third kappa shape index (κ3) is 4.47. The van der Waals surface area contributed by atoms with E-state index in [-0.39, 0.29) is 16.5 Å². The first kappa shape index (κ1) is 20.2. The smallest absolute Gasteiger partial charge is 0.244 e. The Morgan fingerprint density at radius 2 is 1.57 bits per heavy atom. The Morgan fingerprint density at radius 3 is 2.21 bits per heavy atom. The Kier molecular flexibility index (Phi) is 6.24. The normalized spacial score (nSPS) is 11.4. The quantitative estimate of drug-likeness (QED) is 0.586. The maximum absolute atomic E-state index is 12.4. The second-order valence-corrected chi connectivity index (χ2v) is 8.30. The van der Waals surface area contributed by atoms with Crippen LogP contribution in [0.3, 0.4) is 0 Å². The maximum Gasteiger partial charge on any atom is 0.244 e. The van der Waals surface area contributed by atoms with Crippen molar-refractivity contribution in [3.63, 3.8) is 0 Å². The lowest BCUT2D eigenvalue weighted by atomic mass is 10.2. The van der Waals surface area contributed by atoms with E-state index in [4.69, 9.17) is 11.6 Å². The van der Waals surface area contributed by atoms with E-state index in [9.17, 15) is 13.5 Å². The summed E-state index contributed by atoms with van der Waals surface area (Å²) in [5.74, 6) is -0.450. The summed E-state index contributed by atoms with van der Waals surface area (Å²) < 4.78 is 27.4. The Bertz CT molecular complexity index is 1040. The molecule has 0 aromatic heterocycles. The molecule has 5 nitrogen and oxygen atoms in total. The first-order valence-corrected chi connectivity index (χ1v) is 10.7. The highest BCUT2D eigenvalue weighted by Gasteiger charge is 2.20. The zero-order valence-electron chi connectivity index (χ0n) is 15.3. The molecular weight excluding hydrogens is 396 g/mol. The van der Waals surface area contributed by atoms with Crippen molar-refractivity contribution >= 4 is 33.0 Å². The van der Waals surface area contributed by atoms with Crippen molar-refractivity contribution < 1.29 is 13.5 Å². The Balaban J connectivity index is 1.73. The van der Waals surface area contributed by atoms with Gasteiger partial charge in [-0.3, -0.25) is 0 Å². The SMILES string of the molecule is CCN(c1ccccc1)c1ccc(CNS(=O)(=O)c2cccc(Cl)c2O)cc1. The number of rotatable bonds is 7. The van der Waals surface area contributed by atoms with Crippen LogP contribution in [0.4, 0.5) is 11.4 Å². The highest BCUT2D eigenvalue weighted by Crippen LogP contribution is 2.30. The van der Waals surface area contributed by atoms with E-state index in [0.29, 0.717) is 0 Å². The third-order valence-corrected chi connectivity index (χ3v) is 6.08. The van der Waals surface area contributed by atoms with Crippen LogP contribution < -0.4 is 9.62 Å². The topological polar surface area (TPSA) is 69.6 Å². The molecule has 0 aliphatic rings. The molecule has 3 rings (SSSR count). The number of anilines is 2. The first-order valence-electron chi connectivity index (χ1n) is 8.81. The lowest BCUT2D eigenvalue weighted by Crippen LogP contribution is -2.23. The van der Waals surface area contributed by atoms with Gasteiger partial charge in [-0.05, 0) is 48.9 Å². The van der Waals surface area contributed by atoms with Gasteiger partial charge in [0.1, 0.15) is 4.90 Å². The molecule has 0 amide bonds. The molecule has 7 heteroatoms. The molecule has 3 aromatic carbocycles. The van der Waals surface area contributed by atoms with E-state index in [2.05, 4.69) is 16.5 Å². The Labute approximate surface area is 170 Å². The van der Waals surface area contributed by atoms with E-state index >= 15 is 0 Å². The summed E-state index contributed by atoms with van der Waals surface area (Å²) >= 11 is 5.80. The van der Waals surface area contributed by atoms with Crippen molar-refractivity contribution in [1.29, 1.82) is 0 Å². The lowest BCUT2D eigenvalue weighted by molar-refractivity contribution is 0.458. The molecule has 0 bridgehead atoms. The molecule has 146 valence electrons. The molecule has 0 unspecified atom stereocenters. The Hall–Kier alpha value is -2.54. The Morgan fingerprint density at radius 1 is 0.929 bits per heavy atom. The fourth-order valence-electron chi connectivity index (χ4n) is 2.88. The van der Waals surface area contributed by atoms with Crippen LogP contribution in [0.1, 0.15) is 12.5 Å². The number of aromatic hydroxyl groups is 1. The van der Waals surface area contributed by atoms with E-state index in [0.717, 1.165) is 23.5 Å². The van der Waals surface area contributed by atoms with Gasteiger partial charge in [0, 0.05) is 24.5 Å². The van der Waals surface area contributed by atoms with Gasteiger partial charge in [0.25, 0.3) is 0 Å². The van der Waals surface area contributed by atoms with E-state index < -0.39 is 15.8 Å². The molecule has 0 radical (unpaired) electrons. The summed E-state index contributed by atoms with van der Waals surface area (Å²) in [6.07, 6.45) is 0. The highest BCUT2D eigenvalue weighted by atomic mass is 35.5. The molecule has 0 fully saturated rings. The molecule has 0 saturated carbocycles. The van der Waals surface area contributed by atoms with Crippen molar-refractivity contribution in [3.05, 3.63) is 83.4 Å². The molecule has 2 N–H and O–H groups in total. The molecule has 0 spiro atoms. The van der Waals surface area contributed by atoms with Crippen molar-refractivity contribution in [2.75, 3.05) is 11.4 Å². The first-order chi connectivity index (χ1) is 13.4. The van der Waals surface area contributed by atoms with Gasteiger partial charge in [-0.25, -0.2) is 13.1 Å². The van der Waals surface area contributed by atoms with Crippen molar-refractivity contribution in [2.24, 2.45) is 0 Å². The fourth-order valence-corrected chi connectivity index (χ4v) is 4.25. The lowest BCUT2D eigenvalue weighted by Gasteiger charge is -2.23. The van der Waals surface area contributed by atoms with Crippen LogP contribution in [0.25, 0.3) is 0 Å². The molecule has 0 heterocycles. The van der Waals surface area contributed by atoms with Crippen LogP contribution >= 0.6 is 11.6 Å². The minimum atomic E-state index is -3.88. The van der Waals surface area contributed by atoms with Crippen LogP contribution in [0.5, 0.6) is 5.75 Å². The summed E-state index contributed by atoms with van der Waals surface area (Å²) in [6.45, 7) is 2.99. The average Bonchev–Trinajstić information content (AvgIpc) is 2.71. The minimum absolute atomic E-state index is 0.00667. The zero-order valence-corrected chi connectivity index (χ0v) is 16.9. The van der Waals surface area contributed by atoms with Gasteiger partial charge in [-0.2, -0.15) is 0 Å². The number of para-hydroxylation sites is 2. The molecule has 0 atom stereocenters. The number of sulfonamides is 1. The van der Waals surface area contributed by atoms with Crippen LogP contribution in [-0.2, 0) is 16.6 Å². The van der Waals surface area contributed by atoms with Gasteiger partial charge < -0.3 is 10.0 Å². The van der Waals surface area contributed by atoms with Gasteiger partial charge >= 0.3 is 0 Å². The number of benzene rings is 3. The van der Waals surface area contributed by atoms with Crippen LogP contribution in [0.2, 0.25) is 5.02 Å². The van der Waals surface area contributed by atoms with Gasteiger partial charge in [-0.1, -0.05) is 48.0 Å². The predicted molar refractivity (Wildman–Crippen MR) is 113 cm³/mol. The number of nitrogens with one attached hydrogen (secondary N) is 1. The number of phenols is 1. The van der Waals surface area contributed by atoms with E-state index in [1.54, 1.807) is 0 Å². The summed E-state index contributed by atoms with van der Waals surface area (Å²) in [6, 6.07) is 21.9. The molecule has 0 aliphatic heterocycles. The molecular formula is C21H21ClN2O3S. The monoisotopic (exact) mass is 416 g/mol. The largest absolute Gasteiger partial charge is 0.505 e. The van der Waals surface area contributed by atoms with E-state index in [1.807, 2.05) is 54.6 Å². The standard InChI is InChI=1S/C21H21ClN2O3S/c1-2-24(17-7-4-3-5-8-17)18-13-11-16(12-14-18)15-23-28(26,27)20-10-6-9-19(22)21(20)25/h3-14,23,25H,2,15H2,1H3. The predicted octanol–water partition coefficient (Wildman–Crippen LogP) is 4.68. The molecule has 3 aromatic rings. The van der Waals surface area contributed by atoms with Gasteiger partial charge in [0.15, 0.2) is 5.75 Å². The number of halogens is 1. The second-order valence-electron chi connectivity index (χ2n) is 6.16. The van der Waals surface area contributed by atoms with Gasteiger partial charge in [-0.15, -0.1) is 0 Å². The molecule has 0 aliphatic carbocycles. The van der Waals surface area contributed by atoms with Crippen LogP contribution in [0, 0.1) is 0 Å². The number of hydrogen-bond acceptors (Lipinski definition) is 4. The number of hydrogen-bond donors (Lipinski definition) is 2. The van der Waals surface area contributed by atoms with Gasteiger partial charge in [0.05, 0.1) is 5.02 Å². The van der Waals surface area contributed by atoms with E-state index in [1.165, 1.54) is 18.2 Å².